The van der Waals surface area contributed by atoms with Gasteiger partial charge in [0, 0.05) is 62.6 Å². The Morgan fingerprint density at radius 2 is 1.71 bits per heavy atom. The molecule has 4 fully saturated rings. The van der Waals surface area contributed by atoms with Gasteiger partial charge >= 0.3 is 0 Å². The number of aromatic nitrogens is 2. The molecule has 0 atom stereocenters. The zero-order valence-corrected chi connectivity index (χ0v) is 25.7. The number of piperazine rings is 1. The average molecular weight is 625 g/mol. The molecule has 0 radical (unpaired) electrons. The molecule has 2 saturated carbocycles. The predicted octanol–water partition coefficient (Wildman–Crippen LogP) is 5.36. The van der Waals surface area contributed by atoms with Gasteiger partial charge in [0.15, 0.2) is 17.4 Å². The summed E-state index contributed by atoms with van der Waals surface area (Å²) < 4.78 is 43.5. The standard InChI is InChI=1S/C34H43F3N6O2/c35-28-18-27(30(36)31(37)32(28)44)33(45)39-19-22-1-4-25(5-2-22)43-20-23-3-6-26(17-29(23)40-43)42-15-13-41(14-16-42)24-7-9-34(10-8-24)11-12-38-21-34/h3,6,17-18,20,22,24-25,38,44H,1-2,4-5,7-16,19,21H2,(H,39,45). The molecule has 11 heteroatoms. The molecule has 0 bridgehead atoms. The Balaban J connectivity index is 0.896. The van der Waals surface area contributed by atoms with Crippen LogP contribution in [0.3, 0.4) is 0 Å². The van der Waals surface area contributed by atoms with E-state index in [0.29, 0.717) is 11.5 Å². The first-order valence-electron chi connectivity index (χ1n) is 16.6. The Kier molecular flexibility index (Phi) is 8.41. The van der Waals surface area contributed by atoms with Crippen LogP contribution in [0.2, 0.25) is 0 Å². The van der Waals surface area contributed by atoms with Gasteiger partial charge in [0.1, 0.15) is 0 Å². The highest BCUT2D eigenvalue weighted by atomic mass is 19.2. The summed E-state index contributed by atoms with van der Waals surface area (Å²) in [6, 6.07) is 8.12. The van der Waals surface area contributed by atoms with Gasteiger partial charge in [0.2, 0.25) is 5.82 Å². The highest BCUT2D eigenvalue weighted by Gasteiger charge is 2.39. The smallest absolute Gasteiger partial charge is 0.254 e. The maximum Gasteiger partial charge on any atom is 0.254 e. The number of aromatic hydroxyl groups is 1. The van der Waals surface area contributed by atoms with Gasteiger partial charge in [0.05, 0.1) is 17.1 Å². The normalized spacial score (nSPS) is 27.8. The lowest BCUT2D eigenvalue weighted by atomic mass is 9.71. The molecule has 45 heavy (non-hydrogen) atoms. The van der Waals surface area contributed by atoms with Gasteiger partial charge in [-0.3, -0.25) is 14.4 Å². The monoisotopic (exact) mass is 624 g/mol. The van der Waals surface area contributed by atoms with Gasteiger partial charge in [-0.1, -0.05) is 0 Å². The second-order valence-electron chi connectivity index (χ2n) is 13.8. The van der Waals surface area contributed by atoms with E-state index >= 15 is 0 Å². The second kappa shape index (κ2) is 12.5. The third-order valence-corrected chi connectivity index (χ3v) is 11.2. The first kappa shape index (κ1) is 30.3. The molecular formula is C34H43F3N6O2. The highest BCUT2D eigenvalue weighted by molar-refractivity contribution is 5.94. The number of carbonyl (C=O) groups is 1. The lowest BCUT2D eigenvalue weighted by Gasteiger charge is -2.45. The van der Waals surface area contributed by atoms with Crippen LogP contribution >= 0.6 is 0 Å². The number of phenols is 1. The van der Waals surface area contributed by atoms with E-state index in [2.05, 4.69) is 49.5 Å². The number of halogens is 3. The molecule has 1 amide bonds. The molecule has 1 spiro atoms. The van der Waals surface area contributed by atoms with Crippen molar-refractivity contribution in [1.29, 1.82) is 0 Å². The first-order valence-corrected chi connectivity index (χ1v) is 16.6. The van der Waals surface area contributed by atoms with Gasteiger partial charge < -0.3 is 20.6 Å². The van der Waals surface area contributed by atoms with E-state index in [1.165, 1.54) is 50.9 Å². The maximum atomic E-state index is 14.1. The zero-order valence-electron chi connectivity index (χ0n) is 25.7. The predicted molar refractivity (Wildman–Crippen MR) is 167 cm³/mol. The lowest BCUT2D eigenvalue weighted by molar-refractivity contribution is 0.0935. The fourth-order valence-electron chi connectivity index (χ4n) is 8.25. The highest BCUT2D eigenvalue weighted by Crippen LogP contribution is 2.42. The molecule has 242 valence electrons. The first-order chi connectivity index (χ1) is 21.8. The van der Waals surface area contributed by atoms with Crippen LogP contribution in [0, 0.1) is 28.8 Å². The van der Waals surface area contributed by atoms with Crippen molar-refractivity contribution in [3.63, 3.8) is 0 Å². The number of amides is 1. The van der Waals surface area contributed by atoms with E-state index in [1.54, 1.807) is 0 Å². The largest absolute Gasteiger partial charge is 0.503 e. The van der Waals surface area contributed by atoms with E-state index in [-0.39, 0.29) is 18.5 Å². The van der Waals surface area contributed by atoms with Gasteiger partial charge in [-0.25, -0.2) is 8.78 Å². The van der Waals surface area contributed by atoms with Crippen LogP contribution < -0.4 is 15.5 Å². The minimum atomic E-state index is -1.76. The van der Waals surface area contributed by atoms with E-state index in [0.717, 1.165) is 68.8 Å². The van der Waals surface area contributed by atoms with E-state index in [4.69, 9.17) is 5.10 Å². The minimum absolute atomic E-state index is 0.171. The molecule has 2 saturated heterocycles. The Labute approximate surface area is 261 Å². The van der Waals surface area contributed by atoms with E-state index in [9.17, 15) is 23.1 Å². The van der Waals surface area contributed by atoms with Crippen molar-refractivity contribution in [1.82, 2.24) is 25.3 Å². The van der Waals surface area contributed by atoms with Gasteiger partial charge in [-0.2, -0.15) is 9.49 Å². The third kappa shape index (κ3) is 6.13. The number of rotatable bonds is 6. The molecule has 7 rings (SSSR count). The molecule has 3 N–H and O–H groups in total. The van der Waals surface area contributed by atoms with Crippen molar-refractivity contribution < 1.29 is 23.1 Å². The van der Waals surface area contributed by atoms with Crippen molar-refractivity contribution in [3.8, 4) is 5.75 Å². The summed E-state index contributed by atoms with van der Waals surface area (Å²) in [5.74, 6) is -6.83. The van der Waals surface area contributed by atoms with Crippen molar-refractivity contribution >= 4 is 22.5 Å². The molecule has 4 aliphatic rings. The fraction of sp³-hybridized carbons (Fsp3) is 0.588. The summed E-state index contributed by atoms with van der Waals surface area (Å²) in [6.45, 7) is 7.00. The van der Waals surface area contributed by atoms with Crippen molar-refractivity contribution in [3.05, 3.63) is 53.5 Å². The van der Waals surface area contributed by atoms with Crippen LogP contribution in [0.25, 0.3) is 10.9 Å². The van der Waals surface area contributed by atoms with Crippen LogP contribution in [0.4, 0.5) is 18.9 Å². The van der Waals surface area contributed by atoms with E-state index in [1.807, 2.05) is 0 Å². The fourth-order valence-corrected chi connectivity index (χ4v) is 8.25. The third-order valence-electron chi connectivity index (χ3n) is 11.2. The average Bonchev–Trinajstić information content (AvgIpc) is 3.72. The minimum Gasteiger partial charge on any atom is -0.503 e. The van der Waals surface area contributed by atoms with Crippen LogP contribution in [0.15, 0.2) is 30.5 Å². The van der Waals surface area contributed by atoms with Crippen molar-refractivity contribution in [2.75, 3.05) is 50.7 Å². The number of fused-ring (bicyclic) bond motifs is 1. The molecule has 3 heterocycles. The number of hydrogen-bond acceptors (Lipinski definition) is 6. The number of benzene rings is 2. The summed E-state index contributed by atoms with van der Waals surface area (Å²) in [5.41, 5.74) is 2.07. The van der Waals surface area contributed by atoms with Crippen LogP contribution in [0.1, 0.15) is 74.2 Å². The SMILES string of the molecule is O=C(NCC1CCC(n2cc3ccc(N4CCN(C5CCC6(CCNC6)CC5)CC4)cc3n2)CC1)c1cc(F)c(O)c(F)c1F. The number of phenolic OH excluding ortho intramolecular Hbond substituents is 1. The number of nitrogens with one attached hydrogen (secondary N) is 2. The van der Waals surface area contributed by atoms with Gasteiger partial charge in [-0.15, -0.1) is 0 Å². The Morgan fingerprint density at radius 1 is 0.956 bits per heavy atom. The Morgan fingerprint density at radius 3 is 2.42 bits per heavy atom. The summed E-state index contributed by atoms with van der Waals surface area (Å²) >= 11 is 0. The van der Waals surface area contributed by atoms with Crippen LogP contribution in [0.5, 0.6) is 5.75 Å². The Hall–Kier alpha value is -3.31. The zero-order chi connectivity index (χ0) is 31.1. The van der Waals surface area contributed by atoms with Gasteiger partial charge in [0.25, 0.3) is 5.91 Å². The molecular weight excluding hydrogens is 581 g/mol. The molecule has 0 unspecified atom stereocenters. The van der Waals surface area contributed by atoms with Crippen LogP contribution in [-0.2, 0) is 0 Å². The molecule has 2 aliphatic carbocycles. The maximum absolute atomic E-state index is 14.1. The molecule has 2 aromatic carbocycles. The number of hydrogen-bond donors (Lipinski definition) is 3. The number of carbonyl (C=O) groups excluding carboxylic acids is 1. The van der Waals surface area contributed by atoms with Gasteiger partial charge in [-0.05, 0) is 99.9 Å². The van der Waals surface area contributed by atoms with Crippen LogP contribution in [-0.4, -0.2) is 77.5 Å². The molecule has 2 aliphatic heterocycles. The van der Waals surface area contributed by atoms with Crippen molar-refractivity contribution in [2.24, 2.45) is 11.3 Å². The molecule has 8 nitrogen and oxygen atoms in total. The summed E-state index contributed by atoms with van der Waals surface area (Å²) in [5, 5.41) is 21.5. The summed E-state index contributed by atoms with van der Waals surface area (Å²) in [6.07, 6.45) is 12.4. The molecule has 1 aromatic heterocycles. The lowest BCUT2D eigenvalue weighted by Crippen LogP contribution is -2.52. The molecule has 3 aromatic rings. The van der Waals surface area contributed by atoms with E-state index < -0.39 is 34.7 Å². The van der Waals surface area contributed by atoms with Crippen molar-refractivity contribution in [2.45, 2.75) is 69.9 Å². The Bertz CT molecular complexity index is 1530. The summed E-state index contributed by atoms with van der Waals surface area (Å²) in [4.78, 5) is 17.6. The number of nitrogens with zero attached hydrogens (tertiary/aromatic N) is 4. The summed E-state index contributed by atoms with van der Waals surface area (Å²) in [7, 11) is 0. The second-order valence-corrected chi connectivity index (χ2v) is 13.8. The topological polar surface area (TPSA) is 85.7 Å². The quantitative estimate of drug-likeness (QED) is 0.320. The number of anilines is 1.